The number of amides is 3. The summed E-state index contributed by atoms with van der Waals surface area (Å²) in [6, 6.07) is -1.81. The Morgan fingerprint density at radius 1 is 1.09 bits per heavy atom. The number of H-pyrrole nitrogens is 1. The number of imidazole rings is 1. The molecule has 0 aliphatic rings. The van der Waals surface area contributed by atoms with Gasteiger partial charge in [-0.25, -0.2) is 4.98 Å². The van der Waals surface area contributed by atoms with Gasteiger partial charge in [0.15, 0.2) is 5.78 Å². The molecule has 1 rings (SSSR count). The maximum Gasteiger partial charge on any atom is 0.240 e. The van der Waals surface area contributed by atoms with Crippen LogP contribution in [-0.2, 0) is 25.6 Å². The molecular formula is C22H37N5O5. The summed E-state index contributed by atoms with van der Waals surface area (Å²) >= 11 is 0. The van der Waals surface area contributed by atoms with Crippen molar-refractivity contribution < 1.29 is 24.3 Å². The van der Waals surface area contributed by atoms with Crippen LogP contribution in [0.15, 0.2) is 12.5 Å². The summed E-state index contributed by atoms with van der Waals surface area (Å²) in [4.78, 5) is 56.7. The number of nitrogens with zero attached hydrogens (tertiary/aromatic N) is 1. The van der Waals surface area contributed by atoms with Crippen molar-refractivity contribution in [2.45, 2.75) is 66.0 Å². The lowest BCUT2D eigenvalue weighted by Gasteiger charge is -2.24. The number of aliphatic hydroxyl groups is 1. The van der Waals surface area contributed by atoms with Crippen molar-refractivity contribution in [3.05, 3.63) is 18.2 Å². The van der Waals surface area contributed by atoms with Crippen LogP contribution in [0, 0.1) is 23.7 Å². The molecule has 3 amide bonds. The second-order valence-corrected chi connectivity index (χ2v) is 9.06. The number of aromatic nitrogens is 2. The normalized spacial score (nSPS) is 15.1. The van der Waals surface area contributed by atoms with E-state index in [2.05, 4.69) is 20.6 Å². The maximum atomic E-state index is 13.0. The molecule has 10 heteroatoms. The van der Waals surface area contributed by atoms with Crippen molar-refractivity contribution in [1.29, 1.82) is 0 Å². The van der Waals surface area contributed by atoms with Gasteiger partial charge in [0.1, 0.15) is 6.04 Å². The second kappa shape index (κ2) is 12.9. The number of carbonyl (C=O) groups excluding carboxylic acids is 4. The largest absolute Gasteiger partial charge is 0.396 e. The molecule has 180 valence electrons. The summed E-state index contributed by atoms with van der Waals surface area (Å²) < 4.78 is 0. The lowest BCUT2D eigenvalue weighted by atomic mass is 9.93. The standard InChI is InChI=1S/C22H37N5O5/c1-12(2)6-14(5)21(31)26-17(8-16-9-24-11-25-16)18(29)7-15(10-28)22(32)27-19(13(3)4)20(23)30/h9,11-15,17,19,28H,6-8,10H2,1-5H3,(H2,23,30)(H,24,25)(H,26,31)(H,27,32). The summed E-state index contributed by atoms with van der Waals surface area (Å²) in [5.74, 6) is -3.28. The van der Waals surface area contributed by atoms with E-state index in [1.807, 2.05) is 13.8 Å². The van der Waals surface area contributed by atoms with Gasteiger partial charge in [-0.1, -0.05) is 34.6 Å². The number of nitrogens with one attached hydrogen (secondary N) is 3. The Kier molecular flexibility index (Phi) is 11.0. The van der Waals surface area contributed by atoms with Crippen LogP contribution < -0.4 is 16.4 Å². The van der Waals surface area contributed by atoms with Gasteiger partial charge in [0.25, 0.3) is 0 Å². The topological polar surface area (TPSA) is 167 Å². The summed E-state index contributed by atoms with van der Waals surface area (Å²) in [7, 11) is 0. The van der Waals surface area contributed by atoms with Crippen molar-refractivity contribution >= 4 is 23.5 Å². The Bertz CT molecular complexity index is 763. The van der Waals surface area contributed by atoms with Crippen molar-refractivity contribution in [3.8, 4) is 0 Å². The number of rotatable bonds is 14. The lowest BCUT2D eigenvalue weighted by molar-refractivity contribution is -0.135. The summed E-state index contributed by atoms with van der Waals surface area (Å²) in [6.07, 6.45) is 3.57. The molecule has 1 aromatic rings. The predicted molar refractivity (Wildman–Crippen MR) is 119 cm³/mol. The van der Waals surface area contributed by atoms with Crippen molar-refractivity contribution in [3.63, 3.8) is 0 Å². The maximum absolute atomic E-state index is 13.0. The van der Waals surface area contributed by atoms with E-state index in [1.165, 1.54) is 6.33 Å². The Labute approximate surface area is 189 Å². The minimum atomic E-state index is -1.07. The Morgan fingerprint density at radius 2 is 1.75 bits per heavy atom. The number of aliphatic hydroxyl groups excluding tert-OH is 1. The molecule has 0 radical (unpaired) electrons. The number of hydrogen-bond donors (Lipinski definition) is 5. The van der Waals surface area contributed by atoms with Gasteiger partial charge in [0, 0.05) is 30.7 Å². The zero-order valence-electron chi connectivity index (χ0n) is 19.6. The van der Waals surface area contributed by atoms with E-state index in [9.17, 15) is 24.3 Å². The van der Waals surface area contributed by atoms with Crippen LogP contribution in [0.4, 0.5) is 0 Å². The third-order valence-corrected chi connectivity index (χ3v) is 5.27. The molecule has 10 nitrogen and oxygen atoms in total. The van der Waals surface area contributed by atoms with E-state index in [-0.39, 0.29) is 30.6 Å². The first-order chi connectivity index (χ1) is 15.0. The number of primary amides is 1. The first-order valence-corrected chi connectivity index (χ1v) is 11.0. The third-order valence-electron chi connectivity index (χ3n) is 5.27. The van der Waals surface area contributed by atoms with Gasteiger partial charge in [0.05, 0.1) is 24.9 Å². The van der Waals surface area contributed by atoms with Gasteiger partial charge in [0.2, 0.25) is 17.7 Å². The van der Waals surface area contributed by atoms with E-state index in [0.717, 1.165) is 0 Å². The monoisotopic (exact) mass is 451 g/mol. The number of hydrogen-bond acceptors (Lipinski definition) is 6. The zero-order valence-corrected chi connectivity index (χ0v) is 19.6. The highest BCUT2D eigenvalue weighted by atomic mass is 16.3. The van der Waals surface area contributed by atoms with Crippen molar-refractivity contribution in [2.24, 2.45) is 29.4 Å². The van der Waals surface area contributed by atoms with Crippen molar-refractivity contribution in [1.82, 2.24) is 20.6 Å². The second-order valence-electron chi connectivity index (χ2n) is 9.06. The molecule has 0 aliphatic carbocycles. The van der Waals surface area contributed by atoms with E-state index in [0.29, 0.717) is 18.0 Å². The Balaban J connectivity index is 2.93. The van der Waals surface area contributed by atoms with Crippen LogP contribution in [0.2, 0.25) is 0 Å². The fraction of sp³-hybridized carbons (Fsp3) is 0.682. The third kappa shape index (κ3) is 8.78. The van der Waals surface area contributed by atoms with Crippen LogP contribution in [0.5, 0.6) is 0 Å². The highest BCUT2D eigenvalue weighted by Gasteiger charge is 2.31. The Morgan fingerprint density at radius 3 is 2.22 bits per heavy atom. The average molecular weight is 452 g/mol. The molecular weight excluding hydrogens is 414 g/mol. The summed E-state index contributed by atoms with van der Waals surface area (Å²) in [5, 5.41) is 15.0. The first kappa shape index (κ1) is 27.3. The van der Waals surface area contributed by atoms with E-state index >= 15 is 0 Å². The molecule has 1 heterocycles. The van der Waals surface area contributed by atoms with E-state index in [4.69, 9.17) is 5.73 Å². The van der Waals surface area contributed by atoms with Crippen LogP contribution in [0.1, 0.15) is 53.2 Å². The molecule has 32 heavy (non-hydrogen) atoms. The molecule has 6 N–H and O–H groups in total. The predicted octanol–water partition coefficient (Wildman–Crippen LogP) is 0.313. The minimum absolute atomic E-state index is 0.175. The lowest BCUT2D eigenvalue weighted by Crippen LogP contribution is -2.51. The number of aromatic amines is 1. The number of Topliss-reactive ketones (excluding diaryl/α,β-unsaturated/α-hetero) is 1. The van der Waals surface area contributed by atoms with Gasteiger partial charge in [-0.15, -0.1) is 0 Å². The fourth-order valence-corrected chi connectivity index (χ4v) is 3.45. The van der Waals surface area contributed by atoms with Gasteiger partial charge < -0.3 is 26.5 Å². The molecule has 0 aliphatic heterocycles. The molecule has 0 bridgehead atoms. The quantitative estimate of drug-likeness (QED) is 0.273. The molecule has 0 fully saturated rings. The highest BCUT2D eigenvalue weighted by molar-refractivity contribution is 5.94. The van der Waals surface area contributed by atoms with E-state index < -0.39 is 42.2 Å². The summed E-state index contributed by atoms with van der Waals surface area (Å²) in [6.45, 7) is 8.69. The fourth-order valence-electron chi connectivity index (χ4n) is 3.45. The molecule has 0 aromatic carbocycles. The average Bonchev–Trinajstić information content (AvgIpc) is 3.21. The molecule has 1 aromatic heterocycles. The number of carbonyl (C=O) groups is 4. The summed E-state index contributed by atoms with van der Waals surface area (Å²) in [5.41, 5.74) is 5.98. The van der Waals surface area contributed by atoms with Gasteiger partial charge >= 0.3 is 0 Å². The van der Waals surface area contributed by atoms with Gasteiger partial charge in [-0.05, 0) is 18.3 Å². The van der Waals surface area contributed by atoms with E-state index in [1.54, 1.807) is 27.0 Å². The molecule has 0 saturated carbocycles. The van der Waals surface area contributed by atoms with Crippen LogP contribution in [0.3, 0.4) is 0 Å². The number of ketones is 1. The number of nitrogens with two attached hydrogens (primary N) is 1. The van der Waals surface area contributed by atoms with Crippen LogP contribution in [0.25, 0.3) is 0 Å². The van der Waals surface area contributed by atoms with Crippen LogP contribution in [-0.4, -0.2) is 57.3 Å². The molecule has 0 saturated heterocycles. The SMILES string of the molecule is CC(C)CC(C)C(=O)NC(Cc1cnc[nH]1)C(=O)CC(CO)C(=O)NC(C(N)=O)C(C)C. The van der Waals surface area contributed by atoms with Gasteiger partial charge in [-0.2, -0.15) is 0 Å². The van der Waals surface area contributed by atoms with Gasteiger partial charge in [-0.3, -0.25) is 19.2 Å². The smallest absolute Gasteiger partial charge is 0.240 e. The highest BCUT2D eigenvalue weighted by Crippen LogP contribution is 2.14. The first-order valence-electron chi connectivity index (χ1n) is 11.0. The van der Waals surface area contributed by atoms with Crippen LogP contribution >= 0.6 is 0 Å². The molecule has 4 unspecified atom stereocenters. The molecule has 4 atom stereocenters. The zero-order chi connectivity index (χ0) is 24.4. The van der Waals surface area contributed by atoms with Crippen molar-refractivity contribution in [2.75, 3.05) is 6.61 Å². The minimum Gasteiger partial charge on any atom is -0.396 e. The molecule has 0 spiro atoms. The Hall–Kier alpha value is -2.75.